The first-order valence-corrected chi connectivity index (χ1v) is 6.91. The first kappa shape index (κ1) is 17.2. The predicted octanol–water partition coefficient (Wildman–Crippen LogP) is -0.116. The number of benzene rings is 1. The number of amides is 2. The van der Waals surface area contributed by atoms with Gasteiger partial charge < -0.3 is 21.1 Å². The van der Waals surface area contributed by atoms with E-state index in [1.54, 1.807) is 0 Å². The van der Waals surface area contributed by atoms with E-state index in [4.69, 9.17) is 0 Å². The van der Waals surface area contributed by atoms with Gasteiger partial charge in [-0.1, -0.05) is 6.07 Å². The van der Waals surface area contributed by atoms with Crippen molar-refractivity contribution in [2.75, 3.05) is 19.6 Å². The van der Waals surface area contributed by atoms with Gasteiger partial charge in [-0.25, -0.2) is 0 Å². The second-order valence-corrected chi connectivity index (χ2v) is 5.16. The van der Waals surface area contributed by atoms with E-state index in [2.05, 4.69) is 16.0 Å². The molecule has 0 aromatic heterocycles. The molecule has 0 radical (unpaired) electrons. The molecule has 2 atom stereocenters. The van der Waals surface area contributed by atoms with Crippen LogP contribution in [0.4, 0.5) is 13.2 Å². The molecule has 4 N–H and O–H groups in total. The summed E-state index contributed by atoms with van der Waals surface area (Å²) in [7, 11) is 0. The fourth-order valence-corrected chi connectivity index (χ4v) is 2.17. The summed E-state index contributed by atoms with van der Waals surface area (Å²) in [5.41, 5.74) is -1.12. The Bertz CT molecular complexity index is 592. The summed E-state index contributed by atoms with van der Waals surface area (Å²) in [5, 5.41) is 17.2. The molecule has 1 fully saturated rings. The van der Waals surface area contributed by atoms with E-state index in [0.717, 1.165) is 18.2 Å². The normalized spacial score (nSPS) is 21.0. The molecule has 1 heterocycles. The largest absolute Gasteiger partial charge is 0.416 e. The maximum absolute atomic E-state index is 12.6. The van der Waals surface area contributed by atoms with Crippen molar-refractivity contribution in [2.45, 2.75) is 18.3 Å². The highest BCUT2D eigenvalue weighted by molar-refractivity contribution is 5.96. The molecule has 1 aromatic carbocycles. The van der Waals surface area contributed by atoms with Gasteiger partial charge in [0.2, 0.25) is 5.91 Å². The SMILES string of the molecule is O=C(CNC(=O)c1cccc(C(F)(F)F)c1)NC1CNCC1O. The van der Waals surface area contributed by atoms with Gasteiger partial charge in [-0.2, -0.15) is 13.2 Å². The van der Waals surface area contributed by atoms with Crippen molar-refractivity contribution in [2.24, 2.45) is 0 Å². The van der Waals surface area contributed by atoms with Crippen LogP contribution in [-0.2, 0) is 11.0 Å². The minimum Gasteiger partial charge on any atom is -0.390 e. The van der Waals surface area contributed by atoms with E-state index in [1.165, 1.54) is 6.07 Å². The van der Waals surface area contributed by atoms with E-state index in [1.807, 2.05) is 0 Å². The zero-order valence-electron chi connectivity index (χ0n) is 12.0. The van der Waals surface area contributed by atoms with Gasteiger partial charge in [0.15, 0.2) is 0 Å². The lowest BCUT2D eigenvalue weighted by Crippen LogP contribution is -2.46. The minimum absolute atomic E-state index is 0.185. The average molecular weight is 331 g/mol. The molecule has 2 rings (SSSR count). The quantitative estimate of drug-likeness (QED) is 0.619. The van der Waals surface area contributed by atoms with E-state index in [9.17, 15) is 27.9 Å². The van der Waals surface area contributed by atoms with Crippen molar-refractivity contribution >= 4 is 11.8 Å². The number of hydrogen-bond acceptors (Lipinski definition) is 4. The van der Waals surface area contributed by atoms with Crippen LogP contribution in [0, 0.1) is 0 Å². The molecule has 0 aliphatic carbocycles. The molecule has 6 nitrogen and oxygen atoms in total. The monoisotopic (exact) mass is 331 g/mol. The predicted molar refractivity (Wildman–Crippen MR) is 74.6 cm³/mol. The fourth-order valence-electron chi connectivity index (χ4n) is 2.17. The van der Waals surface area contributed by atoms with Crippen LogP contribution in [0.1, 0.15) is 15.9 Å². The van der Waals surface area contributed by atoms with Gasteiger partial charge in [0.1, 0.15) is 0 Å². The Hall–Kier alpha value is -2.13. The number of carbonyl (C=O) groups is 2. The molecular weight excluding hydrogens is 315 g/mol. The number of hydrogen-bond donors (Lipinski definition) is 4. The van der Waals surface area contributed by atoms with Crippen LogP contribution < -0.4 is 16.0 Å². The Morgan fingerprint density at radius 2 is 2.04 bits per heavy atom. The van der Waals surface area contributed by atoms with Crippen LogP contribution in [0.25, 0.3) is 0 Å². The van der Waals surface area contributed by atoms with Gasteiger partial charge >= 0.3 is 6.18 Å². The highest BCUT2D eigenvalue weighted by atomic mass is 19.4. The molecule has 0 spiro atoms. The van der Waals surface area contributed by atoms with Crippen LogP contribution in [0.3, 0.4) is 0 Å². The smallest absolute Gasteiger partial charge is 0.390 e. The number of aliphatic hydroxyl groups excluding tert-OH is 1. The summed E-state index contributed by atoms with van der Waals surface area (Å²) in [6, 6.07) is 3.48. The van der Waals surface area contributed by atoms with Crippen LogP contribution >= 0.6 is 0 Å². The number of β-amino-alcohol motifs (C(OH)–C–C–N with tert-alkyl or cyclic N) is 1. The van der Waals surface area contributed by atoms with Crippen molar-refractivity contribution in [3.63, 3.8) is 0 Å². The number of alkyl halides is 3. The van der Waals surface area contributed by atoms with E-state index >= 15 is 0 Å². The zero-order valence-corrected chi connectivity index (χ0v) is 12.0. The number of aliphatic hydroxyl groups is 1. The third-order valence-corrected chi connectivity index (χ3v) is 3.39. The molecule has 1 aliphatic heterocycles. The number of halogens is 3. The van der Waals surface area contributed by atoms with Gasteiger partial charge in [-0.3, -0.25) is 9.59 Å². The third-order valence-electron chi connectivity index (χ3n) is 3.39. The van der Waals surface area contributed by atoms with Crippen molar-refractivity contribution < 1.29 is 27.9 Å². The van der Waals surface area contributed by atoms with Gasteiger partial charge in [-0.15, -0.1) is 0 Å². The molecule has 126 valence electrons. The maximum atomic E-state index is 12.6. The second kappa shape index (κ2) is 6.97. The lowest BCUT2D eigenvalue weighted by molar-refractivity contribution is -0.137. The van der Waals surface area contributed by atoms with Crippen LogP contribution in [0.15, 0.2) is 24.3 Å². The molecule has 2 amide bonds. The molecule has 0 bridgehead atoms. The first-order valence-electron chi connectivity index (χ1n) is 6.91. The number of rotatable bonds is 4. The number of nitrogens with one attached hydrogen (secondary N) is 3. The van der Waals surface area contributed by atoms with Gasteiger partial charge in [0, 0.05) is 18.7 Å². The molecule has 1 aromatic rings. The topological polar surface area (TPSA) is 90.5 Å². The Morgan fingerprint density at radius 1 is 1.30 bits per heavy atom. The van der Waals surface area contributed by atoms with Crippen molar-refractivity contribution in [1.82, 2.24) is 16.0 Å². The van der Waals surface area contributed by atoms with Gasteiger partial charge in [0.25, 0.3) is 5.91 Å². The molecular formula is C14H16F3N3O3. The summed E-state index contributed by atoms with van der Waals surface area (Å²) in [6.07, 6.45) is -5.25. The molecule has 23 heavy (non-hydrogen) atoms. The Labute approximate surface area is 130 Å². The first-order chi connectivity index (χ1) is 10.8. The molecule has 1 saturated heterocycles. The van der Waals surface area contributed by atoms with E-state index in [0.29, 0.717) is 13.1 Å². The van der Waals surface area contributed by atoms with Gasteiger partial charge in [0.05, 0.1) is 24.3 Å². The van der Waals surface area contributed by atoms with Crippen molar-refractivity contribution in [1.29, 1.82) is 0 Å². The maximum Gasteiger partial charge on any atom is 0.416 e. The highest BCUT2D eigenvalue weighted by Crippen LogP contribution is 2.29. The van der Waals surface area contributed by atoms with Crippen LogP contribution in [0.5, 0.6) is 0 Å². The summed E-state index contributed by atoms with van der Waals surface area (Å²) in [5.74, 6) is -1.31. The summed E-state index contributed by atoms with van der Waals surface area (Å²) < 4.78 is 37.8. The Morgan fingerprint density at radius 3 is 2.65 bits per heavy atom. The minimum atomic E-state index is -4.54. The molecule has 1 aliphatic rings. The van der Waals surface area contributed by atoms with Crippen molar-refractivity contribution in [3.8, 4) is 0 Å². The molecule has 9 heteroatoms. The number of carbonyl (C=O) groups excluding carboxylic acids is 2. The van der Waals surface area contributed by atoms with Crippen molar-refractivity contribution in [3.05, 3.63) is 35.4 Å². The van der Waals surface area contributed by atoms with E-state index in [-0.39, 0.29) is 5.56 Å². The summed E-state index contributed by atoms with van der Waals surface area (Å²) >= 11 is 0. The Kier molecular flexibility index (Phi) is 5.22. The standard InChI is InChI=1S/C14H16F3N3O3/c15-14(16,17)9-3-1-2-8(4-9)13(23)19-7-12(22)20-10-5-18-6-11(10)21/h1-4,10-11,18,21H,5-7H2,(H,19,23)(H,20,22). The average Bonchev–Trinajstić information content (AvgIpc) is 2.89. The lowest BCUT2D eigenvalue weighted by atomic mass is 10.1. The van der Waals surface area contributed by atoms with Crippen LogP contribution in [-0.4, -0.2) is 48.7 Å². The third kappa shape index (κ3) is 4.67. The fraction of sp³-hybridized carbons (Fsp3) is 0.429. The summed E-state index contributed by atoms with van der Waals surface area (Å²) in [6.45, 7) is 0.383. The highest BCUT2D eigenvalue weighted by Gasteiger charge is 2.31. The van der Waals surface area contributed by atoms with Gasteiger partial charge in [-0.05, 0) is 18.2 Å². The Balaban J connectivity index is 1.88. The lowest BCUT2D eigenvalue weighted by Gasteiger charge is -2.15. The van der Waals surface area contributed by atoms with Crippen LogP contribution in [0.2, 0.25) is 0 Å². The van der Waals surface area contributed by atoms with E-state index < -0.39 is 42.2 Å². The zero-order chi connectivity index (χ0) is 17.0. The second-order valence-electron chi connectivity index (χ2n) is 5.16. The summed E-state index contributed by atoms with van der Waals surface area (Å²) in [4.78, 5) is 23.5. The molecule has 0 saturated carbocycles. The molecule has 2 unspecified atom stereocenters.